The van der Waals surface area contributed by atoms with Gasteiger partial charge in [0.15, 0.2) is 0 Å². The van der Waals surface area contributed by atoms with E-state index in [1.54, 1.807) is 26.2 Å². The first-order valence-electron chi connectivity index (χ1n) is 7.64. The Morgan fingerprint density at radius 3 is 2.52 bits per heavy atom. The first-order chi connectivity index (χ1) is 11.5. The number of primary amides is 1. The van der Waals surface area contributed by atoms with Crippen molar-refractivity contribution in [2.24, 2.45) is 5.73 Å². The van der Waals surface area contributed by atoms with Crippen LogP contribution in [0.3, 0.4) is 0 Å². The van der Waals surface area contributed by atoms with Crippen molar-refractivity contribution in [1.82, 2.24) is 5.32 Å². The van der Waals surface area contributed by atoms with Crippen LogP contribution in [0.4, 0.5) is 0 Å². The second-order valence-corrected chi connectivity index (χ2v) is 8.55. The number of carbonyl (C=O) groups is 3. The normalized spacial score (nSPS) is 12.5. The Morgan fingerprint density at radius 1 is 1.36 bits per heavy atom. The molecule has 0 saturated heterocycles. The van der Waals surface area contributed by atoms with Crippen LogP contribution in [0.5, 0.6) is 0 Å². The van der Waals surface area contributed by atoms with Gasteiger partial charge in [0, 0.05) is 23.9 Å². The predicted molar refractivity (Wildman–Crippen MR) is 98.3 cm³/mol. The van der Waals surface area contributed by atoms with Crippen molar-refractivity contribution >= 4 is 45.1 Å². The molecule has 9 heteroatoms. The number of halogens is 1. The SMILES string of the molecule is COC(=O)c1csc(Br)c1CN[C@@H](CCC(=O)OC(C)(C)C)C(N)=O. The van der Waals surface area contributed by atoms with Gasteiger partial charge in [-0.1, -0.05) is 0 Å². The van der Waals surface area contributed by atoms with Crippen molar-refractivity contribution in [1.29, 1.82) is 0 Å². The molecule has 0 spiro atoms. The van der Waals surface area contributed by atoms with E-state index in [2.05, 4.69) is 21.2 Å². The molecule has 0 aromatic carbocycles. The third-order valence-corrected chi connectivity index (χ3v) is 5.02. The molecule has 0 fully saturated rings. The quantitative estimate of drug-likeness (QED) is 0.607. The maximum Gasteiger partial charge on any atom is 0.339 e. The fourth-order valence-electron chi connectivity index (χ4n) is 2.03. The minimum absolute atomic E-state index is 0.0620. The summed E-state index contributed by atoms with van der Waals surface area (Å²) in [4.78, 5) is 35.2. The van der Waals surface area contributed by atoms with E-state index in [4.69, 9.17) is 15.2 Å². The molecule has 1 amide bonds. The van der Waals surface area contributed by atoms with Gasteiger partial charge in [0.2, 0.25) is 5.91 Å². The van der Waals surface area contributed by atoms with Crippen molar-refractivity contribution < 1.29 is 23.9 Å². The first-order valence-corrected chi connectivity index (χ1v) is 9.31. The molecule has 0 aliphatic rings. The molecule has 140 valence electrons. The second-order valence-electron chi connectivity index (χ2n) is 6.35. The maximum absolute atomic E-state index is 11.8. The van der Waals surface area contributed by atoms with Crippen molar-refractivity contribution in [3.63, 3.8) is 0 Å². The summed E-state index contributed by atoms with van der Waals surface area (Å²) in [5.74, 6) is -1.43. The molecule has 1 atom stereocenters. The van der Waals surface area contributed by atoms with Gasteiger partial charge in [-0.15, -0.1) is 11.3 Å². The fraction of sp³-hybridized carbons (Fsp3) is 0.562. The fourth-order valence-corrected chi connectivity index (χ4v) is 3.45. The standard InChI is InChI=1S/C16H23BrN2O5S/c1-16(2,3)24-12(20)6-5-11(14(18)21)19-7-9-10(15(22)23-4)8-25-13(9)17/h8,11,19H,5-7H2,1-4H3,(H2,18,21)/t11-/m0/s1. The summed E-state index contributed by atoms with van der Waals surface area (Å²) >= 11 is 4.72. The molecule has 25 heavy (non-hydrogen) atoms. The topological polar surface area (TPSA) is 108 Å². The molecule has 7 nitrogen and oxygen atoms in total. The third kappa shape index (κ3) is 7.13. The molecular weight excluding hydrogens is 412 g/mol. The van der Waals surface area contributed by atoms with Gasteiger partial charge in [0.05, 0.1) is 22.5 Å². The summed E-state index contributed by atoms with van der Waals surface area (Å²) in [7, 11) is 1.30. The summed E-state index contributed by atoms with van der Waals surface area (Å²) in [5.41, 5.74) is 5.92. The summed E-state index contributed by atoms with van der Waals surface area (Å²) < 4.78 is 10.7. The number of hydrogen-bond donors (Lipinski definition) is 2. The summed E-state index contributed by atoms with van der Waals surface area (Å²) in [6, 6.07) is -0.718. The van der Waals surface area contributed by atoms with E-state index in [0.717, 1.165) is 3.79 Å². The highest BCUT2D eigenvalue weighted by Gasteiger charge is 2.22. The van der Waals surface area contributed by atoms with Gasteiger partial charge in [-0.2, -0.15) is 0 Å². The minimum Gasteiger partial charge on any atom is -0.465 e. The molecule has 1 aromatic heterocycles. The number of nitrogens with one attached hydrogen (secondary N) is 1. The van der Waals surface area contributed by atoms with Gasteiger partial charge in [-0.05, 0) is 43.1 Å². The van der Waals surface area contributed by atoms with Gasteiger partial charge >= 0.3 is 11.9 Å². The molecule has 3 N–H and O–H groups in total. The molecule has 1 heterocycles. The maximum atomic E-state index is 11.8. The monoisotopic (exact) mass is 434 g/mol. The van der Waals surface area contributed by atoms with E-state index < -0.39 is 29.5 Å². The minimum atomic E-state index is -0.718. The van der Waals surface area contributed by atoms with Crippen molar-refractivity contribution in [3.8, 4) is 0 Å². The average molecular weight is 435 g/mol. The van der Waals surface area contributed by atoms with Crippen molar-refractivity contribution in [2.45, 2.75) is 51.8 Å². The molecular formula is C16H23BrN2O5S. The van der Waals surface area contributed by atoms with E-state index in [1.807, 2.05) is 0 Å². The van der Waals surface area contributed by atoms with Crippen molar-refractivity contribution in [2.75, 3.05) is 7.11 Å². The number of thiophene rings is 1. The molecule has 0 aliphatic carbocycles. The third-order valence-electron chi connectivity index (χ3n) is 3.17. The highest BCUT2D eigenvalue weighted by molar-refractivity contribution is 9.11. The van der Waals surface area contributed by atoms with Gasteiger partial charge < -0.3 is 20.5 Å². The number of methoxy groups -OCH3 is 1. The lowest BCUT2D eigenvalue weighted by atomic mass is 10.1. The number of esters is 2. The highest BCUT2D eigenvalue weighted by Crippen LogP contribution is 2.29. The lowest BCUT2D eigenvalue weighted by Gasteiger charge is -2.20. The number of carbonyl (C=O) groups excluding carboxylic acids is 3. The number of nitrogens with two attached hydrogens (primary N) is 1. The Hall–Kier alpha value is -1.45. The Bertz CT molecular complexity index is 639. The summed E-state index contributed by atoms with van der Waals surface area (Å²) in [6.07, 6.45) is 0.270. The van der Waals surface area contributed by atoms with Crippen LogP contribution in [0.1, 0.15) is 49.5 Å². The lowest BCUT2D eigenvalue weighted by Crippen LogP contribution is -2.41. The van der Waals surface area contributed by atoms with E-state index >= 15 is 0 Å². The predicted octanol–water partition coefficient (Wildman–Crippen LogP) is 2.36. The van der Waals surface area contributed by atoms with Gasteiger partial charge in [0.1, 0.15) is 5.60 Å². The first kappa shape index (κ1) is 21.6. The van der Waals surface area contributed by atoms with Crippen LogP contribution >= 0.6 is 27.3 Å². The molecule has 1 rings (SSSR count). The van der Waals surface area contributed by atoms with Crippen LogP contribution in [-0.2, 0) is 25.6 Å². The van der Waals surface area contributed by atoms with Crippen LogP contribution in [0, 0.1) is 0 Å². The zero-order valence-corrected chi connectivity index (χ0v) is 17.1. The Balaban J connectivity index is 2.68. The Labute approximate surface area is 159 Å². The van der Waals surface area contributed by atoms with Gasteiger partial charge in [-0.25, -0.2) is 4.79 Å². The van der Waals surface area contributed by atoms with Crippen LogP contribution in [-0.4, -0.2) is 36.6 Å². The number of hydrogen-bond acceptors (Lipinski definition) is 7. The molecule has 0 aliphatic heterocycles. The highest BCUT2D eigenvalue weighted by atomic mass is 79.9. The molecule has 1 aromatic rings. The Kier molecular flexibility index (Phi) is 8.04. The molecule has 0 unspecified atom stereocenters. The van der Waals surface area contributed by atoms with E-state index in [0.29, 0.717) is 11.1 Å². The van der Waals surface area contributed by atoms with Gasteiger partial charge in [0.25, 0.3) is 0 Å². The van der Waals surface area contributed by atoms with Crippen LogP contribution < -0.4 is 11.1 Å². The van der Waals surface area contributed by atoms with E-state index in [1.165, 1.54) is 18.4 Å². The summed E-state index contributed by atoms with van der Waals surface area (Å²) in [5, 5.41) is 4.66. The zero-order chi connectivity index (χ0) is 19.2. The average Bonchev–Trinajstić information content (AvgIpc) is 2.85. The zero-order valence-electron chi connectivity index (χ0n) is 14.7. The number of ether oxygens (including phenoxy) is 2. The summed E-state index contributed by atoms with van der Waals surface area (Å²) in [6.45, 7) is 5.56. The number of rotatable bonds is 8. The van der Waals surface area contributed by atoms with Gasteiger partial charge in [-0.3, -0.25) is 9.59 Å². The lowest BCUT2D eigenvalue weighted by molar-refractivity contribution is -0.155. The number of amides is 1. The molecule has 0 saturated carbocycles. The van der Waals surface area contributed by atoms with Crippen LogP contribution in [0.25, 0.3) is 0 Å². The van der Waals surface area contributed by atoms with Crippen molar-refractivity contribution in [3.05, 3.63) is 20.3 Å². The van der Waals surface area contributed by atoms with Crippen LogP contribution in [0.15, 0.2) is 9.17 Å². The van der Waals surface area contributed by atoms with E-state index in [9.17, 15) is 14.4 Å². The van der Waals surface area contributed by atoms with Crippen LogP contribution in [0.2, 0.25) is 0 Å². The molecule has 0 radical (unpaired) electrons. The smallest absolute Gasteiger partial charge is 0.339 e. The second kappa shape index (κ2) is 9.30. The largest absolute Gasteiger partial charge is 0.465 e. The van der Waals surface area contributed by atoms with E-state index in [-0.39, 0.29) is 19.4 Å². The molecule has 0 bridgehead atoms. The Morgan fingerprint density at radius 2 is 2.00 bits per heavy atom.